The maximum absolute atomic E-state index is 6.56. The first-order valence-corrected chi connectivity index (χ1v) is 16.8. The van der Waals surface area contributed by atoms with Gasteiger partial charge in [0.05, 0.1) is 67.1 Å². The lowest BCUT2D eigenvalue weighted by atomic mass is 9.91. The van der Waals surface area contributed by atoms with E-state index in [4.69, 9.17) is 37.9 Å². The molecule has 4 aromatic rings. The third-order valence-electron chi connectivity index (χ3n) is 8.71. The van der Waals surface area contributed by atoms with Crippen LogP contribution < -0.4 is 18.9 Å². The summed E-state index contributed by atoms with van der Waals surface area (Å²) in [5.74, 6) is 3.49. The summed E-state index contributed by atoms with van der Waals surface area (Å²) < 4.78 is 48.4. The molecule has 4 aromatic carbocycles. The molecule has 0 saturated heterocycles. The fourth-order valence-corrected chi connectivity index (χ4v) is 6.55. The largest absolute Gasteiger partial charge is 0.496 e. The van der Waals surface area contributed by atoms with Crippen molar-refractivity contribution in [3.63, 3.8) is 0 Å². The zero-order valence-corrected chi connectivity index (χ0v) is 28.1. The molecule has 254 valence electrons. The topological polar surface area (TPSA) is 73.8 Å². The molecule has 6 rings (SSSR count). The molecule has 0 atom stereocenters. The molecule has 0 fully saturated rings. The van der Waals surface area contributed by atoms with Gasteiger partial charge in [0.25, 0.3) is 0 Å². The molecule has 2 aliphatic rings. The summed E-state index contributed by atoms with van der Waals surface area (Å²) in [4.78, 5) is 0. The van der Waals surface area contributed by atoms with Crippen LogP contribution in [-0.2, 0) is 44.6 Å². The lowest BCUT2D eigenvalue weighted by Crippen LogP contribution is -2.15. The smallest absolute Gasteiger partial charge is 0.126 e. The van der Waals surface area contributed by atoms with E-state index in [-0.39, 0.29) is 0 Å². The summed E-state index contributed by atoms with van der Waals surface area (Å²) in [5, 5.41) is 0. The second-order valence-corrected chi connectivity index (χ2v) is 11.9. The van der Waals surface area contributed by atoms with E-state index in [1.165, 1.54) is 0 Å². The van der Waals surface area contributed by atoms with Gasteiger partial charge < -0.3 is 37.9 Å². The van der Waals surface area contributed by atoms with Crippen LogP contribution in [0.3, 0.4) is 0 Å². The molecule has 1 aliphatic carbocycles. The maximum atomic E-state index is 6.56. The predicted molar refractivity (Wildman–Crippen MR) is 184 cm³/mol. The Bertz CT molecular complexity index is 1430. The van der Waals surface area contributed by atoms with Crippen molar-refractivity contribution in [2.45, 2.75) is 25.7 Å². The van der Waals surface area contributed by atoms with E-state index in [9.17, 15) is 0 Å². The van der Waals surface area contributed by atoms with Gasteiger partial charge >= 0.3 is 0 Å². The summed E-state index contributed by atoms with van der Waals surface area (Å²) in [5.41, 5.74) is 8.73. The van der Waals surface area contributed by atoms with Crippen LogP contribution in [0.15, 0.2) is 72.8 Å². The zero-order chi connectivity index (χ0) is 33.0. The first-order valence-electron chi connectivity index (χ1n) is 16.8. The minimum atomic E-state index is 0.416. The van der Waals surface area contributed by atoms with Crippen LogP contribution in [0.4, 0.5) is 0 Å². The van der Waals surface area contributed by atoms with Crippen LogP contribution in [0.25, 0.3) is 0 Å². The average Bonchev–Trinajstić information content (AvgIpc) is 3.09. The average molecular weight is 655 g/mol. The number of rotatable bonds is 2. The first-order chi connectivity index (χ1) is 23.7. The second-order valence-electron chi connectivity index (χ2n) is 11.9. The molecule has 1 heterocycles. The highest BCUT2D eigenvalue weighted by Crippen LogP contribution is 2.38. The van der Waals surface area contributed by atoms with Gasteiger partial charge in [-0.1, -0.05) is 72.8 Å². The first kappa shape index (κ1) is 33.8. The Labute approximate surface area is 283 Å². The van der Waals surface area contributed by atoms with Gasteiger partial charge in [-0.3, -0.25) is 0 Å². The second kappa shape index (κ2) is 17.4. The van der Waals surface area contributed by atoms with Crippen LogP contribution in [0.2, 0.25) is 0 Å². The van der Waals surface area contributed by atoms with Crippen molar-refractivity contribution < 1.29 is 37.9 Å². The number of hydrogen-bond donors (Lipinski definition) is 0. The van der Waals surface area contributed by atoms with Gasteiger partial charge in [-0.15, -0.1) is 0 Å². The number of para-hydroxylation sites is 4. The highest BCUT2D eigenvalue weighted by molar-refractivity contribution is 5.55. The number of fused-ring (bicyclic) bond motifs is 2. The minimum absolute atomic E-state index is 0.416. The van der Waals surface area contributed by atoms with Gasteiger partial charge in [0.2, 0.25) is 0 Å². The summed E-state index contributed by atoms with van der Waals surface area (Å²) >= 11 is 0. The van der Waals surface area contributed by atoms with E-state index in [1.54, 1.807) is 14.2 Å². The lowest BCUT2D eigenvalue weighted by Gasteiger charge is -2.22. The van der Waals surface area contributed by atoms with Crippen molar-refractivity contribution >= 4 is 0 Å². The molecule has 8 nitrogen and oxygen atoms in total. The molecule has 48 heavy (non-hydrogen) atoms. The van der Waals surface area contributed by atoms with Crippen molar-refractivity contribution in [3.05, 3.63) is 117 Å². The van der Waals surface area contributed by atoms with E-state index < -0.39 is 0 Å². The van der Waals surface area contributed by atoms with Crippen LogP contribution >= 0.6 is 0 Å². The Hall–Kier alpha value is -4.08. The van der Waals surface area contributed by atoms with Crippen LogP contribution in [0, 0.1) is 0 Å². The minimum Gasteiger partial charge on any atom is -0.496 e. The summed E-state index contributed by atoms with van der Waals surface area (Å²) in [6, 6.07) is 25.6. The summed E-state index contributed by atoms with van der Waals surface area (Å²) in [7, 11) is 3.50. The normalized spacial score (nSPS) is 16.6. The summed E-state index contributed by atoms with van der Waals surface area (Å²) in [6.07, 6.45) is 2.59. The molecule has 0 unspecified atom stereocenters. The third-order valence-corrected chi connectivity index (χ3v) is 8.71. The van der Waals surface area contributed by atoms with Crippen molar-refractivity contribution in [2.24, 2.45) is 0 Å². The molecular formula is C40H46O8. The molecule has 8 heteroatoms. The molecule has 0 N–H and O–H groups in total. The lowest BCUT2D eigenvalue weighted by molar-refractivity contribution is -0.00706. The van der Waals surface area contributed by atoms with Crippen LogP contribution in [-0.4, -0.2) is 80.3 Å². The van der Waals surface area contributed by atoms with E-state index in [0.29, 0.717) is 91.8 Å². The van der Waals surface area contributed by atoms with Gasteiger partial charge in [-0.05, 0) is 44.5 Å². The van der Waals surface area contributed by atoms with Gasteiger partial charge in [0, 0.05) is 25.7 Å². The van der Waals surface area contributed by atoms with E-state index in [1.807, 2.05) is 0 Å². The standard InChI is InChI=1S/C40H46O8/c1-41-37-29-7-3-8-30(37)26-34-12-6-14-36-28-32-10-4-9-31(38(32)42-2)27-35-13-5-11-33(25-29)39(35)47-23-21-45-19-17-43-15-16-44-18-20-46-22-24-48-40(34)36/h3-14H,15-28H2,1-2H3. The number of ether oxygens (including phenoxy) is 8. The van der Waals surface area contributed by atoms with E-state index in [2.05, 4.69) is 72.8 Å². The Kier molecular flexibility index (Phi) is 12.2. The van der Waals surface area contributed by atoms with E-state index >= 15 is 0 Å². The van der Waals surface area contributed by atoms with Crippen LogP contribution in [0.5, 0.6) is 23.0 Å². The third kappa shape index (κ3) is 8.49. The number of benzene rings is 4. The Morgan fingerprint density at radius 3 is 0.875 bits per heavy atom. The van der Waals surface area contributed by atoms with Gasteiger partial charge in [-0.2, -0.15) is 0 Å². The summed E-state index contributed by atoms with van der Waals surface area (Å²) in [6.45, 7) is 4.70. The van der Waals surface area contributed by atoms with Crippen molar-refractivity contribution in [1.29, 1.82) is 0 Å². The van der Waals surface area contributed by atoms with Gasteiger partial charge in [0.15, 0.2) is 0 Å². The fourth-order valence-electron chi connectivity index (χ4n) is 6.55. The van der Waals surface area contributed by atoms with Crippen molar-refractivity contribution in [1.82, 2.24) is 0 Å². The molecular weight excluding hydrogens is 608 g/mol. The zero-order valence-electron chi connectivity index (χ0n) is 28.1. The Morgan fingerprint density at radius 2 is 0.604 bits per heavy atom. The molecule has 0 spiro atoms. The SMILES string of the molecule is COc1c2cccc1Cc1cccc3c1OCCOCCOCCOCCOCCOc1c(cccc1Cc1cccc(c1OC)C3)C2. The molecule has 0 radical (unpaired) electrons. The number of hydrogen-bond acceptors (Lipinski definition) is 8. The van der Waals surface area contributed by atoms with Crippen molar-refractivity contribution in [3.8, 4) is 23.0 Å². The highest BCUT2D eigenvalue weighted by atomic mass is 16.6. The molecule has 10 bridgehead atoms. The molecule has 1 aliphatic heterocycles. The number of methoxy groups -OCH3 is 2. The van der Waals surface area contributed by atoms with Gasteiger partial charge in [0.1, 0.15) is 36.2 Å². The van der Waals surface area contributed by atoms with Crippen LogP contribution in [0.1, 0.15) is 44.5 Å². The highest BCUT2D eigenvalue weighted by Gasteiger charge is 2.21. The monoisotopic (exact) mass is 654 g/mol. The Morgan fingerprint density at radius 1 is 0.354 bits per heavy atom. The predicted octanol–water partition coefficient (Wildman–Crippen LogP) is 6.22. The maximum Gasteiger partial charge on any atom is 0.126 e. The van der Waals surface area contributed by atoms with E-state index in [0.717, 1.165) is 67.5 Å². The van der Waals surface area contributed by atoms with Gasteiger partial charge in [-0.25, -0.2) is 0 Å². The van der Waals surface area contributed by atoms with Crippen molar-refractivity contribution in [2.75, 3.05) is 80.3 Å². The molecule has 0 aromatic heterocycles. The molecule has 0 saturated carbocycles. The molecule has 0 amide bonds. The fraction of sp³-hybridized carbons (Fsp3) is 0.400. The quantitative estimate of drug-likeness (QED) is 0.222. The Balaban J connectivity index is 1.46.